The zero-order valence-electron chi connectivity index (χ0n) is 15.9. The average molecular weight is 393 g/mol. The highest BCUT2D eigenvalue weighted by atomic mass is 19.1. The van der Waals surface area contributed by atoms with Gasteiger partial charge in [0.25, 0.3) is 0 Å². The van der Waals surface area contributed by atoms with E-state index < -0.39 is 17.6 Å². The summed E-state index contributed by atoms with van der Waals surface area (Å²) in [5.74, 6) is -1.21. The van der Waals surface area contributed by atoms with Gasteiger partial charge >= 0.3 is 0 Å². The van der Waals surface area contributed by atoms with Gasteiger partial charge < -0.3 is 4.74 Å². The number of carbonyl (C=O) groups excluding carboxylic acids is 2. The molecule has 7 heteroatoms. The molecule has 2 amide bonds. The van der Waals surface area contributed by atoms with Gasteiger partial charge in [-0.2, -0.15) is 5.10 Å². The van der Waals surface area contributed by atoms with E-state index in [0.29, 0.717) is 35.5 Å². The summed E-state index contributed by atoms with van der Waals surface area (Å²) in [6.07, 6.45) is 2.37. The third-order valence-corrected chi connectivity index (χ3v) is 4.96. The topological polar surface area (TPSA) is 73.2 Å². The van der Waals surface area contributed by atoms with Crippen LogP contribution in [0.3, 0.4) is 0 Å². The first-order chi connectivity index (χ1) is 14.0. The van der Waals surface area contributed by atoms with Crippen molar-refractivity contribution in [3.8, 4) is 16.9 Å². The molecule has 29 heavy (non-hydrogen) atoms. The van der Waals surface area contributed by atoms with E-state index >= 15 is 4.39 Å². The summed E-state index contributed by atoms with van der Waals surface area (Å²) in [5, 5.41) is 6.54. The lowest BCUT2D eigenvalue weighted by Crippen LogP contribution is -2.39. The molecule has 1 N–H and O–H groups in total. The number of aromatic nitrogens is 2. The Morgan fingerprint density at radius 2 is 1.97 bits per heavy atom. The van der Waals surface area contributed by atoms with Crippen LogP contribution >= 0.6 is 0 Å². The number of piperidine rings is 1. The van der Waals surface area contributed by atoms with Gasteiger partial charge in [0, 0.05) is 30.8 Å². The van der Waals surface area contributed by atoms with Crippen LogP contribution in [0.2, 0.25) is 0 Å². The third kappa shape index (κ3) is 4.03. The number of imide groups is 1. The fraction of sp³-hybridized carbons (Fsp3) is 0.227. The molecule has 0 bridgehead atoms. The number of amides is 2. The summed E-state index contributed by atoms with van der Waals surface area (Å²) < 4.78 is 22.6. The minimum Gasteiger partial charge on any atom is -0.487 e. The lowest BCUT2D eigenvalue weighted by atomic mass is 9.88. The largest absolute Gasteiger partial charge is 0.487 e. The Bertz CT molecular complexity index is 1060. The van der Waals surface area contributed by atoms with Crippen molar-refractivity contribution in [3.63, 3.8) is 0 Å². The van der Waals surface area contributed by atoms with Crippen LogP contribution in [0.1, 0.15) is 30.0 Å². The van der Waals surface area contributed by atoms with E-state index in [2.05, 4.69) is 10.4 Å². The third-order valence-electron chi connectivity index (χ3n) is 4.96. The van der Waals surface area contributed by atoms with Gasteiger partial charge in [-0.05, 0) is 30.2 Å². The highest BCUT2D eigenvalue weighted by Crippen LogP contribution is 2.33. The predicted molar refractivity (Wildman–Crippen MR) is 105 cm³/mol. The molecule has 2 aromatic carbocycles. The molecule has 0 aliphatic carbocycles. The molecule has 6 nitrogen and oxygen atoms in total. The van der Waals surface area contributed by atoms with Crippen LogP contribution in [0.5, 0.6) is 5.75 Å². The number of ether oxygens (including phenoxy) is 1. The van der Waals surface area contributed by atoms with Gasteiger partial charge in [-0.3, -0.25) is 19.6 Å². The Hall–Kier alpha value is -3.48. The second kappa shape index (κ2) is 7.87. The van der Waals surface area contributed by atoms with Gasteiger partial charge in [0.05, 0.1) is 11.6 Å². The molecule has 3 aromatic rings. The second-order valence-electron chi connectivity index (χ2n) is 7.01. The molecule has 1 aromatic heterocycles. The van der Waals surface area contributed by atoms with E-state index in [1.165, 1.54) is 0 Å². The van der Waals surface area contributed by atoms with Crippen molar-refractivity contribution in [2.45, 2.75) is 25.4 Å². The average Bonchev–Trinajstić information content (AvgIpc) is 3.13. The summed E-state index contributed by atoms with van der Waals surface area (Å²) in [6, 6.07) is 14.0. The van der Waals surface area contributed by atoms with Crippen molar-refractivity contribution in [2.75, 3.05) is 0 Å². The van der Waals surface area contributed by atoms with Crippen LogP contribution in [0, 0.1) is 5.82 Å². The molecule has 0 saturated carbocycles. The van der Waals surface area contributed by atoms with Crippen LogP contribution in [-0.2, 0) is 23.2 Å². The fourth-order valence-corrected chi connectivity index (χ4v) is 3.46. The van der Waals surface area contributed by atoms with Crippen LogP contribution in [0.15, 0.2) is 54.7 Å². The van der Waals surface area contributed by atoms with E-state index in [0.717, 1.165) is 5.69 Å². The molecule has 1 aliphatic rings. The van der Waals surface area contributed by atoms with Crippen molar-refractivity contribution in [1.82, 2.24) is 15.1 Å². The number of benzene rings is 2. The van der Waals surface area contributed by atoms with E-state index in [-0.39, 0.29) is 12.3 Å². The van der Waals surface area contributed by atoms with Crippen molar-refractivity contribution in [1.29, 1.82) is 0 Å². The summed E-state index contributed by atoms with van der Waals surface area (Å²) in [7, 11) is 1.84. The molecule has 1 saturated heterocycles. The SMILES string of the molecule is Cn1ccc(COc2ccc(-c3cccc(C4CCC(=O)NC4=O)c3F)cc2)n1. The monoisotopic (exact) mass is 393 g/mol. The Balaban J connectivity index is 1.52. The summed E-state index contributed by atoms with van der Waals surface area (Å²) in [5.41, 5.74) is 2.22. The highest BCUT2D eigenvalue weighted by Gasteiger charge is 2.30. The van der Waals surface area contributed by atoms with Gasteiger partial charge in [-0.1, -0.05) is 30.3 Å². The highest BCUT2D eigenvalue weighted by molar-refractivity contribution is 6.01. The molecule has 148 valence electrons. The lowest BCUT2D eigenvalue weighted by Gasteiger charge is -2.22. The molecular formula is C22H20FN3O3. The van der Waals surface area contributed by atoms with Crippen molar-refractivity contribution in [3.05, 3.63) is 71.8 Å². The number of rotatable bonds is 5. The first kappa shape index (κ1) is 18.9. The number of halogens is 1. The maximum atomic E-state index is 15.2. The van der Waals surface area contributed by atoms with Crippen molar-refractivity contribution < 1.29 is 18.7 Å². The van der Waals surface area contributed by atoms with Gasteiger partial charge in [0.1, 0.15) is 18.2 Å². The number of hydrogen-bond donors (Lipinski definition) is 1. The molecule has 2 heterocycles. The fourth-order valence-electron chi connectivity index (χ4n) is 3.46. The van der Waals surface area contributed by atoms with Gasteiger partial charge in [0.15, 0.2) is 0 Å². The maximum absolute atomic E-state index is 15.2. The van der Waals surface area contributed by atoms with Crippen molar-refractivity contribution >= 4 is 11.8 Å². The Morgan fingerprint density at radius 1 is 1.17 bits per heavy atom. The Kier molecular flexibility index (Phi) is 5.12. The van der Waals surface area contributed by atoms with Crippen molar-refractivity contribution in [2.24, 2.45) is 7.05 Å². The summed E-state index contributed by atoms with van der Waals surface area (Å²) in [6.45, 7) is 0.347. The summed E-state index contributed by atoms with van der Waals surface area (Å²) in [4.78, 5) is 23.5. The molecular weight excluding hydrogens is 373 g/mol. The van der Waals surface area contributed by atoms with E-state index in [1.807, 2.05) is 19.3 Å². The zero-order valence-corrected chi connectivity index (χ0v) is 15.9. The van der Waals surface area contributed by atoms with Gasteiger partial charge in [-0.15, -0.1) is 0 Å². The number of hydrogen-bond acceptors (Lipinski definition) is 4. The standard InChI is InChI=1S/C22H20FN3O3/c1-26-12-11-15(25-26)13-29-16-7-5-14(6-8-16)17-3-2-4-18(21(17)23)19-9-10-20(27)24-22(19)28/h2-8,11-12,19H,9-10,13H2,1H3,(H,24,27,28). The molecule has 1 fully saturated rings. The first-order valence-electron chi connectivity index (χ1n) is 9.35. The molecule has 0 radical (unpaired) electrons. The van der Waals surface area contributed by atoms with E-state index in [4.69, 9.17) is 4.74 Å². The molecule has 1 unspecified atom stereocenters. The first-order valence-corrected chi connectivity index (χ1v) is 9.35. The van der Waals surface area contributed by atoms with E-state index in [9.17, 15) is 9.59 Å². The predicted octanol–water partition coefficient (Wildman–Crippen LogP) is 3.33. The minimum absolute atomic E-state index is 0.211. The molecule has 0 spiro atoms. The van der Waals surface area contributed by atoms with Gasteiger partial charge in [0.2, 0.25) is 11.8 Å². The maximum Gasteiger partial charge on any atom is 0.234 e. The van der Waals surface area contributed by atoms with Crippen LogP contribution < -0.4 is 10.1 Å². The molecule has 1 aliphatic heterocycles. The number of nitrogens with zero attached hydrogens (tertiary/aromatic N) is 2. The summed E-state index contributed by atoms with van der Waals surface area (Å²) >= 11 is 0. The zero-order chi connectivity index (χ0) is 20.4. The van der Waals surface area contributed by atoms with Crippen LogP contribution in [0.4, 0.5) is 4.39 Å². The van der Waals surface area contributed by atoms with Crippen LogP contribution in [-0.4, -0.2) is 21.6 Å². The number of nitrogens with one attached hydrogen (secondary N) is 1. The minimum atomic E-state index is -0.659. The molecule has 1 atom stereocenters. The van der Waals surface area contributed by atoms with Crippen LogP contribution in [0.25, 0.3) is 11.1 Å². The normalized spacial score (nSPS) is 16.6. The Morgan fingerprint density at radius 3 is 2.66 bits per heavy atom. The quantitative estimate of drug-likeness (QED) is 0.675. The number of carbonyl (C=O) groups is 2. The smallest absolute Gasteiger partial charge is 0.234 e. The second-order valence-corrected chi connectivity index (χ2v) is 7.01. The lowest BCUT2D eigenvalue weighted by molar-refractivity contribution is -0.134. The molecule has 4 rings (SSSR count). The number of aryl methyl sites for hydroxylation is 1. The Labute approximate surface area is 167 Å². The van der Waals surface area contributed by atoms with Gasteiger partial charge in [-0.25, -0.2) is 4.39 Å². The van der Waals surface area contributed by atoms with E-state index in [1.54, 1.807) is 47.1 Å².